The van der Waals surface area contributed by atoms with Crippen LogP contribution in [0, 0.1) is 11.3 Å². The van der Waals surface area contributed by atoms with E-state index in [0.29, 0.717) is 16.9 Å². The zero-order chi connectivity index (χ0) is 21.9. The summed E-state index contributed by atoms with van der Waals surface area (Å²) in [6.07, 6.45) is 9.89. The molecule has 4 heterocycles. The molecule has 1 aromatic carbocycles. The molecule has 0 fully saturated rings. The third kappa shape index (κ3) is 3.93. The number of thiophene rings is 1. The lowest BCUT2D eigenvalue weighted by molar-refractivity contribution is -0.111. The highest BCUT2D eigenvalue weighted by Gasteiger charge is 2.13. The number of carbonyl (C=O) groups is 1. The minimum Gasteiger partial charge on any atom is -0.361 e. The summed E-state index contributed by atoms with van der Waals surface area (Å²) in [4.78, 5) is 25.4. The molecule has 0 aliphatic heterocycles. The summed E-state index contributed by atoms with van der Waals surface area (Å²) in [5.74, 6) is -0.251. The van der Waals surface area contributed by atoms with Gasteiger partial charge in [0.15, 0.2) is 0 Å². The summed E-state index contributed by atoms with van der Waals surface area (Å²) in [7, 11) is 0. The van der Waals surface area contributed by atoms with Crippen molar-refractivity contribution in [3.8, 4) is 6.07 Å². The second-order valence-corrected chi connectivity index (χ2v) is 8.06. The van der Waals surface area contributed by atoms with Gasteiger partial charge in [0.2, 0.25) is 5.91 Å². The Balaban J connectivity index is 1.44. The number of fused-ring (bicyclic) bond motifs is 2. The number of nitriles is 1. The fraction of sp³-hybridized carbons (Fsp3) is 0. The number of benzene rings is 1. The van der Waals surface area contributed by atoms with E-state index in [-0.39, 0.29) is 5.91 Å². The van der Waals surface area contributed by atoms with E-state index < -0.39 is 0 Å². The van der Waals surface area contributed by atoms with Crippen LogP contribution in [-0.2, 0) is 4.79 Å². The monoisotopic (exact) mass is 436 g/mol. The van der Waals surface area contributed by atoms with Gasteiger partial charge < -0.3 is 15.6 Å². The van der Waals surface area contributed by atoms with Gasteiger partial charge in [0.05, 0.1) is 23.1 Å². The third-order valence-corrected chi connectivity index (χ3v) is 5.86. The molecule has 5 aromatic rings. The van der Waals surface area contributed by atoms with Crippen LogP contribution in [0.4, 0.5) is 17.1 Å². The minimum atomic E-state index is -0.251. The number of hydrogen-bond acceptors (Lipinski definition) is 6. The minimum absolute atomic E-state index is 0.251. The Morgan fingerprint density at radius 1 is 1.16 bits per heavy atom. The van der Waals surface area contributed by atoms with Crippen LogP contribution in [0.1, 0.15) is 10.4 Å². The van der Waals surface area contributed by atoms with Gasteiger partial charge in [0.25, 0.3) is 0 Å². The second kappa shape index (κ2) is 8.34. The second-order valence-electron chi connectivity index (χ2n) is 7.00. The molecule has 0 atom stereocenters. The molecule has 0 aliphatic rings. The fourth-order valence-electron chi connectivity index (χ4n) is 3.36. The number of nitrogens with one attached hydrogen (secondary N) is 3. The first-order valence-corrected chi connectivity index (χ1v) is 10.6. The molecule has 7 nitrogen and oxygen atoms in total. The van der Waals surface area contributed by atoms with Crippen LogP contribution < -0.4 is 10.6 Å². The molecule has 0 radical (unpaired) electrons. The maximum atomic E-state index is 12.2. The van der Waals surface area contributed by atoms with E-state index in [4.69, 9.17) is 0 Å². The molecule has 0 spiro atoms. The first-order valence-electron chi connectivity index (χ1n) is 9.75. The average molecular weight is 437 g/mol. The molecule has 0 saturated carbocycles. The predicted octanol–water partition coefficient (Wildman–Crippen LogP) is 5.44. The predicted molar refractivity (Wildman–Crippen MR) is 128 cm³/mol. The van der Waals surface area contributed by atoms with Crippen LogP contribution >= 0.6 is 11.3 Å². The highest BCUT2D eigenvalue weighted by molar-refractivity contribution is 7.19. The standard InChI is InChI=1S/C24H16N6OS/c25-12-16-13-28-24-20(23(16)30-17-3-5-21-15(10-17)7-9-27-21)11-19(32-24)4-6-22(31)29-18-2-1-8-26-14-18/h1-11,13-14,27H,(H,28,30)(H,29,31). The van der Waals surface area contributed by atoms with E-state index in [1.54, 1.807) is 36.8 Å². The van der Waals surface area contributed by atoms with E-state index in [2.05, 4.69) is 31.7 Å². The van der Waals surface area contributed by atoms with Gasteiger partial charge in [-0.3, -0.25) is 9.78 Å². The molecule has 8 heteroatoms. The average Bonchev–Trinajstić information content (AvgIpc) is 3.45. The van der Waals surface area contributed by atoms with Crippen LogP contribution in [0.25, 0.3) is 27.2 Å². The summed E-state index contributed by atoms with van der Waals surface area (Å²) in [5, 5.41) is 17.7. The Bertz CT molecular complexity index is 1510. The van der Waals surface area contributed by atoms with Gasteiger partial charge in [-0.25, -0.2) is 4.98 Å². The Hall–Kier alpha value is -4.48. The van der Waals surface area contributed by atoms with Crippen molar-refractivity contribution in [3.05, 3.63) is 83.8 Å². The molecule has 0 bridgehead atoms. The molecular formula is C24H16N6OS. The summed E-state index contributed by atoms with van der Waals surface area (Å²) in [5.41, 5.74) is 3.70. The lowest BCUT2D eigenvalue weighted by atomic mass is 10.1. The van der Waals surface area contributed by atoms with Gasteiger partial charge in [-0.1, -0.05) is 0 Å². The highest BCUT2D eigenvalue weighted by atomic mass is 32.1. The Morgan fingerprint density at radius 2 is 2.09 bits per heavy atom. The maximum absolute atomic E-state index is 12.2. The van der Waals surface area contributed by atoms with E-state index in [1.165, 1.54) is 17.4 Å². The van der Waals surface area contributed by atoms with Gasteiger partial charge >= 0.3 is 0 Å². The van der Waals surface area contributed by atoms with Gasteiger partial charge in [-0.05, 0) is 48.5 Å². The zero-order valence-corrected chi connectivity index (χ0v) is 17.5. The maximum Gasteiger partial charge on any atom is 0.248 e. The molecule has 154 valence electrons. The van der Waals surface area contributed by atoms with Crippen molar-refractivity contribution in [2.24, 2.45) is 0 Å². The summed E-state index contributed by atoms with van der Waals surface area (Å²) < 4.78 is 0. The third-order valence-electron chi connectivity index (χ3n) is 4.85. The van der Waals surface area contributed by atoms with Crippen molar-refractivity contribution in [2.45, 2.75) is 0 Å². The van der Waals surface area contributed by atoms with Crippen LogP contribution in [0.5, 0.6) is 0 Å². The molecule has 5 rings (SSSR count). The number of pyridine rings is 2. The topological polar surface area (TPSA) is 106 Å². The van der Waals surface area contributed by atoms with E-state index in [1.807, 2.05) is 36.5 Å². The highest BCUT2D eigenvalue weighted by Crippen LogP contribution is 2.35. The number of anilines is 3. The van der Waals surface area contributed by atoms with Crippen molar-refractivity contribution in [2.75, 3.05) is 10.6 Å². The fourth-order valence-corrected chi connectivity index (χ4v) is 4.28. The number of rotatable bonds is 5. The largest absolute Gasteiger partial charge is 0.361 e. The molecule has 32 heavy (non-hydrogen) atoms. The molecule has 0 saturated heterocycles. The number of H-pyrrole nitrogens is 1. The number of aromatic amines is 1. The normalized spacial score (nSPS) is 11.1. The summed E-state index contributed by atoms with van der Waals surface area (Å²) >= 11 is 1.45. The quantitative estimate of drug-likeness (QED) is 0.318. The first-order chi connectivity index (χ1) is 15.7. The molecule has 0 aliphatic carbocycles. The lowest BCUT2D eigenvalue weighted by Gasteiger charge is -2.09. The van der Waals surface area contributed by atoms with Crippen molar-refractivity contribution < 1.29 is 4.79 Å². The number of hydrogen-bond donors (Lipinski definition) is 3. The van der Waals surface area contributed by atoms with Crippen molar-refractivity contribution in [1.82, 2.24) is 15.0 Å². The first kappa shape index (κ1) is 19.5. The number of carbonyl (C=O) groups excluding carboxylic acids is 1. The van der Waals surface area contributed by atoms with E-state index in [0.717, 1.165) is 31.7 Å². The Morgan fingerprint density at radius 3 is 2.94 bits per heavy atom. The number of nitrogens with zero attached hydrogens (tertiary/aromatic N) is 3. The van der Waals surface area contributed by atoms with Crippen molar-refractivity contribution in [1.29, 1.82) is 5.26 Å². The van der Waals surface area contributed by atoms with Crippen LogP contribution in [0.2, 0.25) is 0 Å². The smallest absolute Gasteiger partial charge is 0.248 e. The summed E-state index contributed by atoms with van der Waals surface area (Å²) in [6, 6.07) is 15.6. The summed E-state index contributed by atoms with van der Waals surface area (Å²) in [6.45, 7) is 0. The molecule has 4 aromatic heterocycles. The Labute approximate surface area is 187 Å². The molecular weight excluding hydrogens is 420 g/mol. The number of amides is 1. The molecule has 0 unspecified atom stereocenters. The SMILES string of the molecule is N#Cc1cnc2sc(C=CC(=O)Nc3cccnc3)cc2c1Nc1ccc2[nH]ccc2c1. The van der Waals surface area contributed by atoms with Crippen LogP contribution in [0.15, 0.2) is 73.3 Å². The van der Waals surface area contributed by atoms with E-state index >= 15 is 0 Å². The zero-order valence-electron chi connectivity index (χ0n) is 16.7. The number of aromatic nitrogens is 3. The van der Waals surface area contributed by atoms with Gasteiger partial charge in [-0.15, -0.1) is 11.3 Å². The van der Waals surface area contributed by atoms with Crippen molar-refractivity contribution >= 4 is 61.5 Å². The van der Waals surface area contributed by atoms with Crippen LogP contribution in [0.3, 0.4) is 0 Å². The van der Waals surface area contributed by atoms with Gasteiger partial charge in [0, 0.05) is 51.5 Å². The lowest BCUT2D eigenvalue weighted by Crippen LogP contribution is -2.07. The van der Waals surface area contributed by atoms with Crippen LogP contribution in [-0.4, -0.2) is 20.9 Å². The van der Waals surface area contributed by atoms with Gasteiger partial charge in [0.1, 0.15) is 10.9 Å². The van der Waals surface area contributed by atoms with Gasteiger partial charge in [-0.2, -0.15) is 5.26 Å². The Kier molecular flexibility index (Phi) is 5.07. The van der Waals surface area contributed by atoms with Crippen molar-refractivity contribution in [3.63, 3.8) is 0 Å². The molecule has 3 N–H and O–H groups in total. The molecule has 1 amide bonds. The van der Waals surface area contributed by atoms with E-state index in [9.17, 15) is 10.1 Å².